The van der Waals surface area contributed by atoms with Gasteiger partial charge in [0.25, 0.3) is 0 Å². The molecule has 88 valence electrons. The highest BCUT2D eigenvalue weighted by molar-refractivity contribution is 5.84. The summed E-state index contributed by atoms with van der Waals surface area (Å²) in [5, 5.41) is 3.25. The first-order valence-electron chi connectivity index (χ1n) is 5.55. The minimum Gasteiger partial charge on any atom is -0.340 e. The maximum Gasteiger partial charge on any atom is 0.198 e. The zero-order valence-corrected chi connectivity index (χ0v) is 10.6. The molecule has 16 heavy (non-hydrogen) atoms. The van der Waals surface area contributed by atoms with Gasteiger partial charge in [0.15, 0.2) is 5.96 Å². The SMILES string of the molecule is C=C(/C=C\C=C1/CN(C)C(=NC)N1)C(C)C. The lowest BCUT2D eigenvalue weighted by molar-refractivity contribution is 0.579. The third-order valence-corrected chi connectivity index (χ3v) is 2.60. The predicted octanol–water partition coefficient (Wildman–Crippen LogP) is 2.16. The molecular formula is C13H21N3. The molecule has 0 amide bonds. The van der Waals surface area contributed by atoms with Crippen molar-refractivity contribution in [2.45, 2.75) is 13.8 Å². The minimum atomic E-state index is 0.502. The lowest BCUT2D eigenvalue weighted by Gasteiger charge is -2.06. The van der Waals surface area contributed by atoms with Crippen LogP contribution in [0.4, 0.5) is 0 Å². The Morgan fingerprint density at radius 2 is 2.25 bits per heavy atom. The fraction of sp³-hybridized carbons (Fsp3) is 0.462. The van der Waals surface area contributed by atoms with Crippen molar-refractivity contribution in [3.8, 4) is 0 Å². The smallest absolute Gasteiger partial charge is 0.198 e. The Balaban J connectivity index is 2.58. The van der Waals surface area contributed by atoms with E-state index in [0.29, 0.717) is 5.92 Å². The molecule has 1 heterocycles. The van der Waals surface area contributed by atoms with Gasteiger partial charge in [0.2, 0.25) is 0 Å². The van der Waals surface area contributed by atoms with Gasteiger partial charge in [0, 0.05) is 19.8 Å². The van der Waals surface area contributed by atoms with Crippen LogP contribution >= 0.6 is 0 Å². The fourth-order valence-corrected chi connectivity index (χ4v) is 1.41. The molecule has 1 aliphatic rings. The Bertz CT molecular complexity index is 348. The van der Waals surface area contributed by atoms with E-state index in [2.05, 4.69) is 47.8 Å². The van der Waals surface area contributed by atoms with E-state index in [9.17, 15) is 0 Å². The summed E-state index contributed by atoms with van der Waals surface area (Å²) >= 11 is 0. The van der Waals surface area contributed by atoms with Crippen LogP contribution in [0.25, 0.3) is 0 Å². The zero-order chi connectivity index (χ0) is 12.1. The summed E-state index contributed by atoms with van der Waals surface area (Å²) in [5.41, 5.74) is 2.31. The van der Waals surface area contributed by atoms with E-state index in [1.54, 1.807) is 7.05 Å². The number of nitrogens with zero attached hydrogens (tertiary/aromatic N) is 2. The second kappa shape index (κ2) is 5.54. The summed E-state index contributed by atoms with van der Waals surface area (Å²) in [6.07, 6.45) is 6.17. The summed E-state index contributed by atoms with van der Waals surface area (Å²) in [6.45, 7) is 9.16. The highest BCUT2D eigenvalue weighted by Crippen LogP contribution is 2.09. The summed E-state index contributed by atoms with van der Waals surface area (Å²) in [7, 11) is 3.81. The number of likely N-dealkylation sites (N-methyl/N-ethyl adjacent to an activating group) is 1. The number of hydrogen-bond donors (Lipinski definition) is 1. The standard InChI is InChI=1S/C13H21N3/c1-10(2)11(3)7-6-8-12-9-16(5)13(14-4)15-12/h6-8,10H,3,9H2,1-2,4-5H3,(H,14,15)/b7-6-,12-8+. The van der Waals surface area contributed by atoms with Gasteiger partial charge in [0.05, 0.1) is 6.54 Å². The predicted molar refractivity (Wildman–Crippen MR) is 70.3 cm³/mol. The fourth-order valence-electron chi connectivity index (χ4n) is 1.41. The number of nitrogens with one attached hydrogen (secondary N) is 1. The number of hydrogen-bond acceptors (Lipinski definition) is 1. The van der Waals surface area contributed by atoms with Crippen LogP contribution in [0.1, 0.15) is 13.8 Å². The third kappa shape index (κ3) is 3.26. The maximum absolute atomic E-state index is 4.14. The minimum absolute atomic E-state index is 0.502. The van der Waals surface area contributed by atoms with Crippen LogP contribution in [0, 0.1) is 5.92 Å². The lowest BCUT2D eigenvalue weighted by Crippen LogP contribution is -2.25. The number of allylic oxidation sites excluding steroid dienone is 4. The van der Waals surface area contributed by atoms with Crippen molar-refractivity contribution < 1.29 is 0 Å². The van der Waals surface area contributed by atoms with Crippen molar-refractivity contribution in [2.75, 3.05) is 20.6 Å². The molecule has 3 heteroatoms. The molecule has 1 saturated heterocycles. The normalized spacial score (nSPS) is 21.4. The molecule has 0 atom stereocenters. The average Bonchev–Trinajstić information content (AvgIpc) is 2.58. The van der Waals surface area contributed by atoms with Crippen LogP contribution in [0.2, 0.25) is 0 Å². The van der Waals surface area contributed by atoms with Crippen LogP contribution in [0.3, 0.4) is 0 Å². The Morgan fingerprint density at radius 1 is 1.56 bits per heavy atom. The topological polar surface area (TPSA) is 27.6 Å². The quantitative estimate of drug-likeness (QED) is 0.737. The summed E-state index contributed by atoms with van der Waals surface area (Å²) in [6, 6.07) is 0. The molecule has 0 bridgehead atoms. The summed E-state index contributed by atoms with van der Waals surface area (Å²) in [5.74, 6) is 1.42. The highest BCUT2D eigenvalue weighted by atomic mass is 15.3. The molecule has 0 radical (unpaired) electrons. The Labute approximate surface area is 98.2 Å². The molecule has 1 N–H and O–H groups in total. The molecule has 0 unspecified atom stereocenters. The van der Waals surface area contributed by atoms with Crippen molar-refractivity contribution in [1.82, 2.24) is 10.2 Å². The van der Waals surface area contributed by atoms with Gasteiger partial charge in [-0.1, -0.05) is 38.2 Å². The molecule has 0 aromatic heterocycles. The second-order valence-electron chi connectivity index (χ2n) is 4.31. The Kier molecular flexibility index (Phi) is 4.35. The lowest BCUT2D eigenvalue weighted by atomic mass is 10.1. The first kappa shape index (κ1) is 12.6. The molecule has 3 nitrogen and oxygen atoms in total. The average molecular weight is 219 g/mol. The Hall–Kier alpha value is -1.51. The van der Waals surface area contributed by atoms with Crippen LogP contribution < -0.4 is 5.32 Å². The van der Waals surface area contributed by atoms with E-state index >= 15 is 0 Å². The van der Waals surface area contributed by atoms with Gasteiger partial charge in [-0.15, -0.1) is 0 Å². The second-order valence-corrected chi connectivity index (χ2v) is 4.31. The molecule has 0 saturated carbocycles. The van der Waals surface area contributed by atoms with E-state index in [1.807, 2.05) is 13.1 Å². The van der Waals surface area contributed by atoms with Crippen molar-refractivity contribution in [3.63, 3.8) is 0 Å². The Morgan fingerprint density at radius 3 is 2.75 bits per heavy atom. The molecular weight excluding hydrogens is 198 g/mol. The van der Waals surface area contributed by atoms with E-state index < -0.39 is 0 Å². The van der Waals surface area contributed by atoms with Gasteiger partial charge < -0.3 is 10.2 Å². The van der Waals surface area contributed by atoms with E-state index in [0.717, 1.165) is 23.8 Å². The van der Waals surface area contributed by atoms with Crippen molar-refractivity contribution in [2.24, 2.45) is 10.9 Å². The van der Waals surface area contributed by atoms with Crippen LogP contribution in [-0.4, -0.2) is 31.5 Å². The molecule has 1 aliphatic heterocycles. The van der Waals surface area contributed by atoms with Crippen LogP contribution in [0.5, 0.6) is 0 Å². The summed E-state index contributed by atoms with van der Waals surface area (Å²) in [4.78, 5) is 6.22. The zero-order valence-electron chi connectivity index (χ0n) is 10.6. The monoisotopic (exact) mass is 219 g/mol. The van der Waals surface area contributed by atoms with Crippen molar-refractivity contribution >= 4 is 5.96 Å². The summed E-state index contributed by atoms with van der Waals surface area (Å²) < 4.78 is 0. The molecule has 0 aromatic carbocycles. The van der Waals surface area contributed by atoms with Gasteiger partial charge in [-0.25, -0.2) is 0 Å². The molecule has 0 aliphatic carbocycles. The van der Waals surface area contributed by atoms with Gasteiger partial charge in [-0.2, -0.15) is 0 Å². The molecule has 0 aromatic rings. The third-order valence-electron chi connectivity index (χ3n) is 2.60. The van der Waals surface area contributed by atoms with E-state index in [-0.39, 0.29) is 0 Å². The highest BCUT2D eigenvalue weighted by Gasteiger charge is 2.16. The van der Waals surface area contributed by atoms with Gasteiger partial charge in [-0.05, 0) is 12.0 Å². The van der Waals surface area contributed by atoms with Crippen molar-refractivity contribution in [1.29, 1.82) is 0 Å². The molecule has 1 fully saturated rings. The first-order chi connectivity index (χ1) is 7.54. The molecule has 0 spiro atoms. The first-order valence-corrected chi connectivity index (χ1v) is 5.55. The molecule has 1 rings (SSSR count). The number of guanidine groups is 1. The van der Waals surface area contributed by atoms with Crippen LogP contribution in [0.15, 0.2) is 41.1 Å². The van der Waals surface area contributed by atoms with Gasteiger partial charge in [0.1, 0.15) is 0 Å². The van der Waals surface area contributed by atoms with Gasteiger partial charge >= 0.3 is 0 Å². The van der Waals surface area contributed by atoms with Gasteiger partial charge in [-0.3, -0.25) is 4.99 Å². The van der Waals surface area contributed by atoms with Crippen molar-refractivity contribution in [3.05, 3.63) is 36.1 Å². The number of rotatable bonds is 3. The largest absolute Gasteiger partial charge is 0.340 e. The maximum atomic E-state index is 4.14. The van der Waals surface area contributed by atoms with E-state index in [4.69, 9.17) is 0 Å². The van der Waals surface area contributed by atoms with Crippen LogP contribution in [-0.2, 0) is 0 Å². The van der Waals surface area contributed by atoms with E-state index in [1.165, 1.54) is 0 Å². The number of aliphatic imine (C=N–C) groups is 1.